The molecule has 0 aliphatic carbocycles. The highest BCUT2D eigenvalue weighted by atomic mass is 16.7. The molecule has 1 heterocycles. The van der Waals surface area contributed by atoms with Gasteiger partial charge in [-0.3, -0.25) is 4.79 Å². The quantitative estimate of drug-likeness (QED) is 0.756. The second kappa shape index (κ2) is 7.72. The van der Waals surface area contributed by atoms with E-state index in [0.717, 1.165) is 5.56 Å². The molecule has 0 N–H and O–H groups in total. The van der Waals surface area contributed by atoms with Gasteiger partial charge in [0.1, 0.15) is 0 Å². The third-order valence-electron chi connectivity index (χ3n) is 3.46. The van der Waals surface area contributed by atoms with E-state index in [1.54, 1.807) is 0 Å². The molecule has 1 aliphatic rings. The molecule has 0 unspecified atom stereocenters. The molecule has 1 aromatic carbocycles. The molecule has 0 radical (unpaired) electrons. The van der Waals surface area contributed by atoms with Crippen molar-refractivity contribution < 1.29 is 23.7 Å². The van der Waals surface area contributed by atoms with Crippen LogP contribution in [0.3, 0.4) is 0 Å². The molecule has 5 nitrogen and oxygen atoms in total. The summed E-state index contributed by atoms with van der Waals surface area (Å²) in [5.74, 6) is -0.996. The van der Waals surface area contributed by atoms with Crippen LogP contribution in [0.4, 0.5) is 0 Å². The molecule has 1 fully saturated rings. The third-order valence-corrected chi connectivity index (χ3v) is 3.46. The molecule has 1 aliphatic heterocycles. The second-order valence-corrected chi connectivity index (χ2v) is 5.90. The largest absolute Gasteiger partial charge is 0.469 e. The van der Waals surface area contributed by atoms with E-state index in [2.05, 4.69) is 0 Å². The van der Waals surface area contributed by atoms with Gasteiger partial charge in [0.2, 0.25) is 0 Å². The van der Waals surface area contributed by atoms with Gasteiger partial charge in [-0.25, -0.2) is 0 Å². The fraction of sp³-hybridized carbons (Fsp3) is 0.588. The second-order valence-electron chi connectivity index (χ2n) is 5.90. The maximum Gasteiger partial charge on any atom is 0.308 e. The average Bonchev–Trinajstić information content (AvgIpc) is 2.46. The number of hydrogen-bond donors (Lipinski definition) is 0. The number of hydrogen-bond acceptors (Lipinski definition) is 5. The van der Waals surface area contributed by atoms with Crippen molar-refractivity contribution in [1.29, 1.82) is 0 Å². The molecular formula is C17H24O5. The Bertz CT molecular complexity index is 471. The number of carbonyl (C=O) groups excluding carboxylic acids is 1. The topological polar surface area (TPSA) is 54.0 Å². The predicted molar refractivity (Wildman–Crippen MR) is 81.2 cm³/mol. The Morgan fingerprint density at radius 1 is 1.23 bits per heavy atom. The summed E-state index contributed by atoms with van der Waals surface area (Å²) < 4.78 is 22.1. The maximum atomic E-state index is 11.4. The molecule has 1 aromatic rings. The first kappa shape index (κ1) is 16.9. The summed E-state index contributed by atoms with van der Waals surface area (Å²) in [7, 11) is 1.38. The predicted octanol–water partition coefficient (Wildman–Crippen LogP) is 2.68. The summed E-state index contributed by atoms with van der Waals surface area (Å²) in [5, 5.41) is 0. The normalized spacial score (nSPS) is 24.0. The molecule has 2 rings (SSSR count). The van der Waals surface area contributed by atoms with Crippen LogP contribution in [0.25, 0.3) is 0 Å². The zero-order valence-electron chi connectivity index (χ0n) is 13.4. The van der Waals surface area contributed by atoms with E-state index in [-0.39, 0.29) is 24.6 Å². The van der Waals surface area contributed by atoms with Crippen molar-refractivity contribution in [3.63, 3.8) is 0 Å². The van der Waals surface area contributed by atoms with Crippen LogP contribution in [-0.2, 0) is 30.3 Å². The highest BCUT2D eigenvalue weighted by molar-refractivity contribution is 5.69. The van der Waals surface area contributed by atoms with E-state index >= 15 is 0 Å². The first-order valence-corrected chi connectivity index (χ1v) is 7.52. The summed E-state index contributed by atoms with van der Waals surface area (Å²) in [5.41, 5.74) is 1.12. The third kappa shape index (κ3) is 5.40. The Balaban J connectivity index is 1.83. The van der Waals surface area contributed by atoms with Crippen LogP contribution in [0, 0.1) is 0 Å². The van der Waals surface area contributed by atoms with Crippen molar-refractivity contribution >= 4 is 5.97 Å². The zero-order valence-corrected chi connectivity index (χ0v) is 13.4. The average molecular weight is 308 g/mol. The van der Waals surface area contributed by atoms with Crippen LogP contribution in [0.15, 0.2) is 30.3 Å². The van der Waals surface area contributed by atoms with Crippen molar-refractivity contribution in [3.8, 4) is 0 Å². The fourth-order valence-corrected chi connectivity index (χ4v) is 2.60. The summed E-state index contributed by atoms with van der Waals surface area (Å²) in [6.07, 6.45) is 0.551. The van der Waals surface area contributed by atoms with Gasteiger partial charge in [-0.1, -0.05) is 30.3 Å². The number of methoxy groups -OCH3 is 1. The molecule has 0 bridgehead atoms. The summed E-state index contributed by atoms with van der Waals surface area (Å²) in [6.45, 7) is 4.71. The van der Waals surface area contributed by atoms with Gasteiger partial charge in [0.15, 0.2) is 5.79 Å². The molecule has 0 spiro atoms. The van der Waals surface area contributed by atoms with Crippen LogP contribution in [-0.4, -0.2) is 37.7 Å². The van der Waals surface area contributed by atoms with Crippen molar-refractivity contribution in [1.82, 2.24) is 0 Å². The standard InChI is InChI=1S/C17H24O5/c1-17(2)21-14(10-16(18)19-3)9-15(22-17)12-20-11-13-7-5-4-6-8-13/h4-8,14-15H,9-12H2,1-3H3/t14-,15+/m1/s1. The van der Waals surface area contributed by atoms with Crippen LogP contribution in [0.1, 0.15) is 32.3 Å². The maximum absolute atomic E-state index is 11.4. The van der Waals surface area contributed by atoms with Crippen LogP contribution >= 0.6 is 0 Å². The van der Waals surface area contributed by atoms with Crippen LogP contribution in [0.2, 0.25) is 0 Å². The number of benzene rings is 1. The Morgan fingerprint density at radius 2 is 1.91 bits per heavy atom. The van der Waals surface area contributed by atoms with Crippen LogP contribution < -0.4 is 0 Å². The zero-order chi connectivity index (χ0) is 16.0. The van der Waals surface area contributed by atoms with Gasteiger partial charge in [0, 0.05) is 6.42 Å². The lowest BCUT2D eigenvalue weighted by molar-refractivity contribution is -0.306. The number of carbonyl (C=O) groups is 1. The molecule has 0 aromatic heterocycles. The Labute approximate surface area is 131 Å². The molecule has 22 heavy (non-hydrogen) atoms. The number of esters is 1. The first-order valence-electron chi connectivity index (χ1n) is 7.52. The molecule has 0 saturated carbocycles. The van der Waals surface area contributed by atoms with E-state index in [1.807, 2.05) is 44.2 Å². The number of rotatable bonds is 6. The van der Waals surface area contributed by atoms with Crippen molar-refractivity contribution in [3.05, 3.63) is 35.9 Å². The van der Waals surface area contributed by atoms with Crippen molar-refractivity contribution in [2.45, 2.75) is 51.3 Å². The van der Waals surface area contributed by atoms with E-state index in [4.69, 9.17) is 18.9 Å². The Kier molecular flexibility index (Phi) is 5.94. The molecule has 122 valence electrons. The van der Waals surface area contributed by atoms with E-state index in [9.17, 15) is 4.79 Å². The Morgan fingerprint density at radius 3 is 2.59 bits per heavy atom. The summed E-state index contributed by atoms with van der Waals surface area (Å²) >= 11 is 0. The molecular weight excluding hydrogens is 284 g/mol. The van der Waals surface area contributed by atoms with Gasteiger partial charge in [0.25, 0.3) is 0 Å². The molecule has 0 amide bonds. The van der Waals surface area contributed by atoms with Crippen LogP contribution in [0.5, 0.6) is 0 Å². The lowest BCUT2D eigenvalue weighted by Crippen LogP contribution is -2.46. The van der Waals surface area contributed by atoms with Gasteiger partial charge in [0.05, 0.1) is 39.0 Å². The Hall–Kier alpha value is -1.43. The fourth-order valence-electron chi connectivity index (χ4n) is 2.60. The smallest absolute Gasteiger partial charge is 0.308 e. The first-order chi connectivity index (χ1) is 10.5. The molecule has 1 saturated heterocycles. The minimum atomic E-state index is -0.724. The van der Waals surface area contributed by atoms with Gasteiger partial charge >= 0.3 is 5.97 Å². The van der Waals surface area contributed by atoms with Gasteiger partial charge in [-0.05, 0) is 19.4 Å². The van der Waals surface area contributed by atoms with Gasteiger partial charge in [-0.2, -0.15) is 0 Å². The highest BCUT2D eigenvalue weighted by Gasteiger charge is 2.36. The van der Waals surface area contributed by atoms with E-state index in [0.29, 0.717) is 19.6 Å². The lowest BCUT2D eigenvalue weighted by Gasteiger charge is -2.40. The SMILES string of the molecule is COC(=O)C[C@H]1C[C@@H](COCc2ccccc2)OC(C)(C)O1. The van der Waals surface area contributed by atoms with Crippen molar-refractivity contribution in [2.24, 2.45) is 0 Å². The van der Waals surface area contributed by atoms with E-state index < -0.39 is 5.79 Å². The highest BCUT2D eigenvalue weighted by Crippen LogP contribution is 2.28. The minimum Gasteiger partial charge on any atom is -0.469 e. The van der Waals surface area contributed by atoms with Gasteiger partial charge in [-0.15, -0.1) is 0 Å². The minimum absolute atomic E-state index is 0.0953. The summed E-state index contributed by atoms with van der Waals surface area (Å²) in [6, 6.07) is 9.99. The lowest BCUT2D eigenvalue weighted by atomic mass is 10.1. The van der Waals surface area contributed by atoms with E-state index in [1.165, 1.54) is 7.11 Å². The van der Waals surface area contributed by atoms with Gasteiger partial charge < -0.3 is 18.9 Å². The summed E-state index contributed by atoms with van der Waals surface area (Å²) in [4.78, 5) is 11.4. The number of ether oxygens (including phenoxy) is 4. The molecule has 5 heteroatoms. The van der Waals surface area contributed by atoms with Crippen molar-refractivity contribution in [2.75, 3.05) is 13.7 Å². The monoisotopic (exact) mass is 308 g/mol. The molecule has 2 atom stereocenters.